The summed E-state index contributed by atoms with van der Waals surface area (Å²) in [7, 11) is 1.76. The van der Waals surface area contributed by atoms with Crippen LogP contribution in [0.1, 0.15) is 23.2 Å². The first-order valence-corrected chi connectivity index (χ1v) is 7.12. The van der Waals surface area contributed by atoms with Gasteiger partial charge in [-0.15, -0.1) is 0 Å². The number of nitrogens with zero attached hydrogens (tertiary/aromatic N) is 3. The van der Waals surface area contributed by atoms with Crippen LogP contribution in [0.4, 0.5) is 10.1 Å². The number of aromatic nitrogens is 2. The van der Waals surface area contributed by atoms with Gasteiger partial charge in [0.05, 0.1) is 12.2 Å². The summed E-state index contributed by atoms with van der Waals surface area (Å²) in [5, 5.41) is 4.78. The average molecular weight is 308 g/mol. The van der Waals surface area contributed by atoms with Crippen LogP contribution >= 0.6 is 11.6 Å². The quantitative estimate of drug-likeness (QED) is 0.855. The molecule has 0 bridgehead atoms. The Kier molecular flexibility index (Phi) is 3.45. The zero-order chi connectivity index (χ0) is 15.1. The van der Waals surface area contributed by atoms with E-state index in [1.165, 1.54) is 12.1 Å². The highest BCUT2D eigenvalue weighted by atomic mass is 35.5. The van der Waals surface area contributed by atoms with Gasteiger partial charge in [0.25, 0.3) is 0 Å². The van der Waals surface area contributed by atoms with Gasteiger partial charge in [-0.1, -0.05) is 11.6 Å². The van der Waals surface area contributed by atoms with E-state index in [1.54, 1.807) is 22.7 Å². The Morgan fingerprint density at radius 3 is 2.81 bits per heavy atom. The normalized spacial score (nSPS) is 14.5. The van der Waals surface area contributed by atoms with E-state index in [0.717, 1.165) is 22.5 Å². The van der Waals surface area contributed by atoms with Gasteiger partial charge in [-0.05, 0) is 37.1 Å². The lowest BCUT2D eigenvalue weighted by Gasteiger charge is -2.29. The molecule has 0 aliphatic carbocycles. The molecule has 1 aliphatic heterocycles. The van der Waals surface area contributed by atoms with Gasteiger partial charge in [0.2, 0.25) is 5.91 Å². The predicted octanol–water partition coefficient (Wildman–Crippen LogP) is 3.00. The molecule has 0 fully saturated rings. The summed E-state index contributed by atoms with van der Waals surface area (Å²) in [5.74, 6) is -0.257. The molecule has 0 spiro atoms. The van der Waals surface area contributed by atoms with Crippen molar-refractivity contribution in [3.63, 3.8) is 0 Å². The third-order valence-electron chi connectivity index (χ3n) is 3.83. The minimum Gasteiger partial charge on any atom is -0.308 e. The van der Waals surface area contributed by atoms with Crippen LogP contribution in [-0.2, 0) is 24.8 Å². The van der Waals surface area contributed by atoms with Crippen molar-refractivity contribution in [2.45, 2.75) is 26.3 Å². The summed E-state index contributed by atoms with van der Waals surface area (Å²) in [4.78, 5) is 13.9. The van der Waals surface area contributed by atoms with Crippen LogP contribution in [-0.4, -0.2) is 15.7 Å². The molecular formula is C15H15ClFN3O. The molecule has 3 rings (SSSR count). The molecule has 1 aromatic carbocycles. The monoisotopic (exact) mass is 307 g/mol. The first-order chi connectivity index (χ1) is 9.97. The Hall–Kier alpha value is -1.88. The van der Waals surface area contributed by atoms with E-state index >= 15 is 0 Å². The second-order valence-electron chi connectivity index (χ2n) is 5.23. The maximum atomic E-state index is 13.3. The third kappa shape index (κ3) is 2.42. The predicted molar refractivity (Wildman–Crippen MR) is 78.9 cm³/mol. The van der Waals surface area contributed by atoms with Crippen molar-refractivity contribution in [1.29, 1.82) is 0 Å². The zero-order valence-corrected chi connectivity index (χ0v) is 12.6. The number of benzene rings is 1. The number of hydrogen-bond acceptors (Lipinski definition) is 2. The number of rotatable bonds is 2. The van der Waals surface area contributed by atoms with Crippen LogP contribution in [0.5, 0.6) is 0 Å². The molecule has 0 unspecified atom stereocenters. The molecule has 1 aliphatic rings. The van der Waals surface area contributed by atoms with Crippen LogP contribution < -0.4 is 4.90 Å². The summed E-state index contributed by atoms with van der Waals surface area (Å²) >= 11 is 6.24. The van der Waals surface area contributed by atoms with Crippen LogP contribution in [0.25, 0.3) is 0 Å². The number of aryl methyl sites for hydroxylation is 3. The van der Waals surface area contributed by atoms with Gasteiger partial charge in [0, 0.05) is 24.7 Å². The number of anilines is 1. The topological polar surface area (TPSA) is 38.1 Å². The molecule has 0 radical (unpaired) electrons. The molecule has 1 aromatic heterocycles. The second kappa shape index (κ2) is 5.15. The number of carbonyl (C=O) groups is 1. The van der Waals surface area contributed by atoms with Gasteiger partial charge in [0.15, 0.2) is 0 Å². The van der Waals surface area contributed by atoms with Gasteiger partial charge in [0.1, 0.15) is 11.0 Å². The van der Waals surface area contributed by atoms with Crippen molar-refractivity contribution in [1.82, 2.24) is 9.78 Å². The van der Waals surface area contributed by atoms with Crippen molar-refractivity contribution in [2.75, 3.05) is 4.90 Å². The first kappa shape index (κ1) is 14.1. The smallest absolute Gasteiger partial charge is 0.227 e. The fraction of sp³-hybridized carbons (Fsp3) is 0.333. The summed E-state index contributed by atoms with van der Waals surface area (Å²) in [6.45, 7) is 2.22. The molecule has 0 N–H and O–H groups in total. The van der Waals surface area contributed by atoms with Crippen molar-refractivity contribution in [2.24, 2.45) is 7.05 Å². The van der Waals surface area contributed by atoms with Crippen LogP contribution in [0.2, 0.25) is 5.15 Å². The van der Waals surface area contributed by atoms with Gasteiger partial charge < -0.3 is 4.90 Å². The Morgan fingerprint density at radius 2 is 2.14 bits per heavy atom. The van der Waals surface area contributed by atoms with E-state index in [2.05, 4.69) is 5.10 Å². The highest BCUT2D eigenvalue weighted by Crippen LogP contribution is 2.31. The van der Waals surface area contributed by atoms with Gasteiger partial charge >= 0.3 is 0 Å². The van der Waals surface area contributed by atoms with Crippen LogP contribution in [0.15, 0.2) is 18.2 Å². The molecule has 110 valence electrons. The first-order valence-electron chi connectivity index (χ1n) is 6.74. The molecule has 0 saturated carbocycles. The van der Waals surface area contributed by atoms with Crippen molar-refractivity contribution in [3.8, 4) is 0 Å². The molecule has 4 nitrogen and oxygen atoms in total. The highest BCUT2D eigenvalue weighted by Gasteiger charge is 2.26. The summed E-state index contributed by atoms with van der Waals surface area (Å²) in [6.07, 6.45) is 0.954. The third-order valence-corrected chi connectivity index (χ3v) is 4.30. The minimum atomic E-state index is -0.279. The lowest BCUT2D eigenvalue weighted by molar-refractivity contribution is -0.119. The average Bonchev–Trinajstić information content (AvgIpc) is 2.68. The number of halogens is 2. The summed E-state index contributed by atoms with van der Waals surface area (Å²) < 4.78 is 14.9. The summed E-state index contributed by atoms with van der Waals surface area (Å²) in [6, 6.07) is 4.52. The van der Waals surface area contributed by atoms with E-state index < -0.39 is 0 Å². The standard InChI is InChI=1S/C15H15ClFN3O/c1-9-12(15(16)19(2)18-9)8-20-13-5-4-11(17)7-10(13)3-6-14(20)21/h4-5,7H,3,6,8H2,1-2H3. The number of hydrogen-bond donors (Lipinski definition) is 0. The van der Waals surface area contributed by atoms with Gasteiger partial charge in [-0.25, -0.2) is 4.39 Å². The van der Waals surface area contributed by atoms with E-state index in [0.29, 0.717) is 24.5 Å². The Labute approximate surface area is 127 Å². The molecule has 1 amide bonds. The molecule has 2 heterocycles. The largest absolute Gasteiger partial charge is 0.308 e. The Morgan fingerprint density at radius 1 is 1.38 bits per heavy atom. The van der Waals surface area contributed by atoms with E-state index in [4.69, 9.17) is 11.6 Å². The van der Waals surface area contributed by atoms with Crippen LogP contribution in [0, 0.1) is 12.7 Å². The zero-order valence-electron chi connectivity index (χ0n) is 11.9. The van der Waals surface area contributed by atoms with E-state index in [9.17, 15) is 9.18 Å². The molecule has 21 heavy (non-hydrogen) atoms. The van der Waals surface area contributed by atoms with E-state index in [-0.39, 0.29) is 11.7 Å². The number of amides is 1. The Bertz CT molecular complexity index is 726. The maximum absolute atomic E-state index is 13.3. The molecule has 2 aromatic rings. The van der Waals surface area contributed by atoms with Crippen molar-refractivity contribution in [3.05, 3.63) is 46.0 Å². The lowest BCUT2D eigenvalue weighted by Crippen LogP contribution is -2.34. The fourth-order valence-electron chi connectivity index (χ4n) is 2.71. The molecular weight excluding hydrogens is 293 g/mol. The van der Waals surface area contributed by atoms with Crippen LogP contribution in [0.3, 0.4) is 0 Å². The SMILES string of the molecule is Cc1nn(C)c(Cl)c1CN1C(=O)CCc2cc(F)ccc21. The number of fused-ring (bicyclic) bond motifs is 1. The fourth-order valence-corrected chi connectivity index (χ4v) is 2.95. The molecule has 0 atom stereocenters. The maximum Gasteiger partial charge on any atom is 0.227 e. The van der Waals surface area contributed by atoms with Crippen molar-refractivity contribution >= 4 is 23.2 Å². The van der Waals surface area contributed by atoms with E-state index in [1.807, 2.05) is 6.92 Å². The van der Waals surface area contributed by atoms with Gasteiger partial charge in [-0.3, -0.25) is 9.48 Å². The lowest BCUT2D eigenvalue weighted by atomic mass is 10.0. The van der Waals surface area contributed by atoms with Gasteiger partial charge in [-0.2, -0.15) is 5.10 Å². The molecule has 0 saturated heterocycles. The van der Waals surface area contributed by atoms with Crippen molar-refractivity contribution < 1.29 is 9.18 Å². The number of carbonyl (C=O) groups excluding carboxylic acids is 1. The second-order valence-corrected chi connectivity index (χ2v) is 5.59. The molecule has 6 heteroatoms. The minimum absolute atomic E-state index is 0.0217. The summed E-state index contributed by atoms with van der Waals surface area (Å²) in [5.41, 5.74) is 3.23. The Balaban J connectivity index is 2.01. The highest BCUT2D eigenvalue weighted by molar-refractivity contribution is 6.30.